The first-order valence-electron chi connectivity index (χ1n) is 13.2. The van der Waals surface area contributed by atoms with E-state index < -0.39 is 5.97 Å². The van der Waals surface area contributed by atoms with Crippen LogP contribution in [0.3, 0.4) is 0 Å². The van der Waals surface area contributed by atoms with Crippen molar-refractivity contribution in [2.45, 2.75) is 50.2 Å². The monoisotopic (exact) mass is 509 g/mol. The maximum atomic E-state index is 11.1. The van der Waals surface area contributed by atoms with Gasteiger partial charge in [0.1, 0.15) is 17.8 Å². The average molecular weight is 510 g/mol. The first kappa shape index (κ1) is 24.2. The quantitative estimate of drug-likeness (QED) is 0.267. The number of aromatic carboxylic acids is 1. The summed E-state index contributed by atoms with van der Waals surface area (Å²) >= 11 is 0. The second-order valence-corrected chi connectivity index (χ2v) is 10.2. The maximum Gasteiger partial charge on any atom is 0.335 e. The van der Waals surface area contributed by atoms with Gasteiger partial charge in [-0.1, -0.05) is 12.1 Å². The fraction of sp³-hybridized carbons (Fsp3) is 0.290. The van der Waals surface area contributed by atoms with Crippen molar-refractivity contribution in [2.75, 3.05) is 11.9 Å². The lowest BCUT2D eigenvalue weighted by atomic mass is 9.96. The van der Waals surface area contributed by atoms with Crippen molar-refractivity contribution >= 4 is 11.7 Å². The first-order valence-corrected chi connectivity index (χ1v) is 13.2. The van der Waals surface area contributed by atoms with Crippen molar-refractivity contribution < 1.29 is 19.1 Å². The molecule has 7 heteroatoms. The Bertz CT molecular complexity index is 1340. The lowest BCUT2D eigenvalue weighted by Gasteiger charge is -2.39. The summed E-state index contributed by atoms with van der Waals surface area (Å²) in [5, 5.41) is 12.9. The molecule has 3 heterocycles. The van der Waals surface area contributed by atoms with E-state index in [1.165, 1.54) is 18.4 Å². The highest BCUT2D eigenvalue weighted by Crippen LogP contribution is 2.37. The van der Waals surface area contributed by atoms with Crippen molar-refractivity contribution in [1.29, 1.82) is 0 Å². The van der Waals surface area contributed by atoms with Gasteiger partial charge in [-0.2, -0.15) is 0 Å². The van der Waals surface area contributed by atoms with Gasteiger partial charge in [0.25, 0.3) is 0 Å². The van der Waals surface area contributed by atoms with Gasteiger partial charge in [0.15, 0.2) is 0 Å². The first-order chi connectivity index (χ1) is 18.6. The van der Waals surface area contributed by atoms with Crippen LogP contribution < -0.4 is 10.1 Å². The average Bonchev–Trinajstić information content (AvgIpc) is 3.55. The second-order valence-electron chi connectivity index (χ2n) is 10.2. The van der Waals surface area contributed by atoms with Crippen LogP contribution in [0.2, 0.25) is 0 Å². The molecule has 2 N–H and O–H groups in total. The molecule has 7 nitrogen and oxygen atoms in total. The number of carboxylic acid groups (broad SMARTS) is 1. The summed E-state index contributed by atoms with van der Waals surface area (Å²) in [6.45, 7) is 1.03. The zero-order valence-corrected chi connectivity index (χ0v) is 21.1. The predicted molar refractivity (Wildman–Crippen MR) is 146 cm³/mol. The summed E-state index contributed by atoms with van der Waals surface area (Å²) < 4.78 is 11.4. The molecule has 0 spiro atoms. The summed E-state index contributed by atoms with van der Waals surface area (Å²) in [7, 11) is 0. The van der Waals surface area contributed by atoms with Gasteiger partial charge in [0.2, 0.25) is 5.89 Å². The standard InChI is InChI=1S/C31H31N3O4/c35-31(36)23-3-1-21(2-4-23)15-17-34-26-9-10-27(34)20-25(19-26)33-24-7-13-29(14-8-24)38-28-11-5-22(6-12-28)30-32-16-18-37-30/h1-8,11-14,16,18,25-27,33H,9-10,15,17,19-20H2,(H,35,36)/t25?,26-,27+. The van der Waals surface area contributed by atoms with Gasteiger partial charge in [-0.3, -0.25) is 4.90 Å². The minimum atomic E-state index is -0.874. The van der Waals surface area contributed by atoms with Crippen LogP contribution in [0.15, 0.2) is 89.7 Å². The van der Waals surface area contributed by atoms with Gasteiger partial charge in [0, 0.05) is 35.9 Å². The van der Waals surface area contributed by atoms with Crippen LogP contribution in [-0.4, -0.2) is 45.6 Å². The Morgan fingerprint density at radius 2 is 1.61 bits per heavy atom. The van der Waals surface area contributed by atoms with E-state index in [9.17, 15) is 4.79 Å². The van der Waals surface area contributed by atoms with Crippen molar-refractivity contribution in [1.82, 2.24) is 9.88 Å². The third kappa shape index (κ3) is 5.43. The van der Waals surface area contributed by atoms with E-state index in [0.29, 0.717) is 29.6 Å². The molecule has 38 heavy (non-hydrogen) atoms. The van der Waals surface area contributed by atoms with Crippen LogP contribution in [0.1, 0.15) is 41.6 Å². The van der Waals surface area contributed by atoms with Gasteiger partial charge in [-0.05, 0) is 98.3 Å². The smallest absolute Gasteiger partial charge is 0.335 e. The molecule has 2 bridgehead atoms. The van der Waals surface area contributed by atoms with Crippen LogP contribution in [0.4, 0.5) is 5.69 Å². The number of aromatic nitrogens is 1. The Balaban J connectivity index is 0.999. The lowest BCUT2D eigenvalue weighted by molar-refractivity contribution is 0.0697. The molecule has 0 aliphatic carbocycles. The van der Waals surface area contributed by atoms with E-state index in [4.69, 9.17) is 14.3 Å². The number of benzene rings is 3. The van der Waals surface area contributed by atoms with E-state index >= 15 is 0 Å². The minimum Gasteiger partial charge on any atom is -0.478 e. The summed E-state index contributed by atoms with van der Waals surface area (Å²) in [4.78, 5) is 17.9. The van der Waals surface area contributed by atoms with Crippen LogP contribution in [-0.2, 0) is 6.42 Å². The Morgan fingerprint density at radius 1 is 0.947 bits per heavy atom. The van der Waals surface area contributed by atoms with E-state index in [0.717, 1.165) is 48.6 Å². The molecule has 3 atom stereocenters. The Hall–Kier alpha value is -4.10. The van der Waals surface area contributed by atoms with Crippen LogP contribution in [0.25, 0.3) is 11.5 Å². The van der Waals surface area contributed by atoms with E-state index in [1.54, 1.807) is 24.6 Å². The highest BCUT2D eigenvalue weighted by atomic mass is 16.5. The number of fused-ring (bicyclic) bond motifs is 2. The van der Waals surface area contributed by atoms with Crippen molar-refractivity contribution in [2.24, 2.45) is 0 Å². The normalized spacial score (nSPS) is 20.8. The highest BCUT2D eigenvalue weighted by Gasteiger charge is 2.40. The minimum absolute atomic E-state index is 0.345. The number of hydrogen-bond donors (Lipinski definition) is 2. The second kappa shape index (κ2) is 10.7. The number of hydrogen-bond acceptors (Lipinski definition) is 6. The van der Waals surface area contributed by atoms with Gasteiger partial charge in [0.05, 0.1) is 11.8 Å². The molecule has 0 amide bonds. The molecule has 2 aliphatic heterocycles. The van der Waals surface area contributed by atoms with Gasteiger partial charge in [-0.15, -0.1) is 0 Å². The Kier molecular flexibility index (Phi) is 6.84. The molecule has 2 fully saturated rings. The highest BCUT2D eigenvalue weighted by molar-refractivity contribution is 5.87. The zero-order chi connectivity index (χ0) is 25.9. The molecular weight excluding hydrogens is 478 g/mol. The molecular formula is C31H31N3O4. The topological polar surface area (TPSA) is 87.8 Å². The summed E-state index contributed by atoms with van der Waals surface area (Å²) in [6, 6.07) is 24.9. The number of ether oxygens (including phenoxy) is 1. The maximum absolute atomic E-state index is 11.1. The van der Waals surface area contributed by atoms with Crippen molar-refractivity contribution in [3.05, 3.63) is 96.4 Å². The summed E-state index contributed by atoms with van der Waals surface area (Å²) in [6.07, 6.45) is 8.94. The fourth-order valence-corrected chi connectivity index (χ4v) is 5.85. The van der Waals surface area contributed by atoms with E-state index in [1.807, 2.05) is 48.5 Å². The van der Waals surface area contributed by atoms with Crippen LogP contribution in [0.5, 0.6) is 11.5 Å². The van der Waals surface area contributed by atoms with E-state index in [2.05, 4.69) is 27.3 Å². The molecule has 194 valence electrons. The van der Waals surface area contributed by atoms with Crippen molar-refractivity contribution in [3.8, 4) is 23.0 Å². The molecule has 2 saturated heterocycles. The Labute approximate surface area is 222 Å². The SMILES string of the molecule is O=C(O)c1ccc(CCN2[C@@H]3CC[C@H]2CC(Nc2ccc(Oc4ccc(-c5ncco5)cc4)cc2)C3)cc1. The number of carbonyl (C=O) groups is 1. The van der Waals surface area contributed by atoms with Gasteiger partial charge < -0.3 is 19.6 Å². The molecule has 3 aromatic carbocycles. The summed E-state index contributed by atoms with van der Waals surface area (Å²) in [5.41, 5.74) is 3.57. The molecule has 2 aliphatic rings. The number of nitrogens with one attached hydrogen (secondary N) is 1. The molecule has 4 aromatic rings. The molecule has 1 aromatic heterocycles. The largest absolute Gasteiger partial charge is 0.478 e. The molecule has 6 rings (SSSR count). The van der Waals surface area contributed by atoms with Crippen LogP contribution >= 0.6 is 0 Å². The lowest BCUT2D eigenvalue weighted by Crippen LogP contribution is -2.47. The van der Waals surface area contributed by atoms with E-state index in [-0.39, 0.29) is 0 Å². The molecule has 1 unspecified atom stereocenters. The third-order valence-corrected chi connectivity index (χ3v) is 7.74. The predicted octanol–water partition coefficient (Wildman–Crippen LogP) is 6.48. The fourth-order valence-electron chi connectivity index (χ4n) is 5.85. The third-order valence-electron chi connectivity index (χ3n) is 7.74. The Morgan fingerprint density at radius 3 is 2.21 bits per heavy atom. The van der Waals surface area contributed by atoms with Crippen LogP contribution in [0, 0.1) is 0 Å². The number of nitrogens with zero attached hydrogens (tertiary/aromatic N) is 2. The molecule has 0 saturated carbocycles. The van der Waals surface area contributed by atoms with Gasteiger partial charge in [-0.25, -0.2) is 9.78 Å². The zero-order valence-electron chi connectivity index (χ0n) is 21.1. The number of anilines is 1. The van der Waals surface area contributed by atoms with Crippen molar-refractivity contribution in [3.63, 3.8) is 0 Å². The number of carboxylic acids is 1. The summed E-state index contributed by atoms with van der Waals surface area (Å²) in [5.74, 6) is 1.28. The number of rotatable bonds is 9. The number of oxazole rings is 1. The number of piperidine rings is 1. The molecule has 0 radical (unpaired) electrons. The van der Waals surface area contributed by atoms with Gasteiger partial charge >= 0.3 is 5.97 Å².